The zero-order chi connectivity index (χ0) is 13.9. The number of amides is 1. The second-order valence-electron chi connectivity index (χ2n) is 4.35. The van der Waals surface area contributed by atoms with Crippen molar-refractivity contribution < 1.29 is 14.3 Å². The number of carbonyl (C=O) groups is 2. The first-order chi connectivity index (χ1) is 9.22. The van der Waals surface area contributed by atoms with Crippen molar-refractivity contribution in [2.24, 2.45) is 0 Å². The maximum absolute atomic E-state index is 11.4. The van der Waals surface area contributed by atoms with E-state index < -0.39 is 0 Å². The molecule has 1 N–H and O–H groups in total. The summed E-state index contributed by atoms with van der Waals surface area (Å²) in [5.74, 6) is -0.431. The molecule has 4 heteroatoms. The van der Waals surface area contributed by atoms with Gasteiger partial charge in [-0.2, -0.15) is 0 Å². The van der Waals surface area contributed by atoms with E-state index in [9.17, 15) is 9.59 Å². The van der Waals surface area contributed by atoms with Crippen molar-refractivity contribution in [2.75, 3.05) is 6.54 Å². The van der Waals surface area contributed by atoms with Crippen molar-refractivity contribution in [3.8, 4) is 0 Å². The number of esters is 1. The Balaban J connectivity index is 2.12. The molecule has 0 aliphatic carbocycles. The number of nitrogens with one attached hydrogen (secondary N) is 1. The molecule has 104 valence electrons. The first-order valence-electron chi connectivity index (χ1n) is 6.68. The maximum atomic E-state index is 11.4. The van der Waals surface area contributed by atoms with Gasteiger partial charge in [0, 0.05) is 13.0 Å². The van der Waals surface area contributed by atoms with Crippen LogP contribution in [0.1, 0.15) is 38.2 Å². The van der Waals surface area contributed by atoms with Gasteiger partial charge >= 0.3 is 5.97 Å². The summed E-state index contributed by atoms with van der Waals surface area (Å²) in [5, 5.41) is 2.77. The molecule has 19 heavy (non-hydrogen) atoms. The maximum Gasteiger partial charge on any atom is 0.306 e. The van der Waals surface area contributed by atoms with Crippen LogP contribution in [0, 0.1) is 0 Å². The Morgan fingerprint density at radius 1 is 1.16 bits per heavy atom. The van der Waals surface area contributed by atoms with Gasteiger partial charge in [-0.25, -0.2) is 0 Å². The molecule has 0 saturated carbocycles. The van der Waals surface area contributed by atoms with Crippen LogP contribution in [-0.4, -0.2) is 18.4 Å². The van der Waals surface area contributed by atoms with Gasteiger partial charge in [0.15, 0.2) is 0 Å². The number of rotatable bonds is 8. The molecular weight excluding hydrogens is 242 g/mol. The van der Waals surface area contributed by atoms with E-state index >= 15 is 0 Å². The van der Waals surface area contributed by atoms with Gasteiger partial charge in [-0.05, 0) is 12.0 Å². The molecule has 0 radical (unpaired) electrons. The predicted octanol–water partition coefficient (Wildman–Crippen LogP) is 2.43. The third kappa shape index (κ3) is 7.24. The van der Waals surface area contributed by atoms with Crippen molar-refractivity contribution in [3.63, 3.8) is 0 Å². The number of carbonyl (C=O) groups excluding carboxylic acids is 2. The zero-order valence-corrected chi connectivity index (χ0v) is 11.4. The molecular formula is C15H21NO3. The second-order valence-corrected chi connectivity index (χ2v) is 4.35. The minimum atomic E-state index is -0.338. The molecule has 0 bridgehead atoms. The summed E-state index contributed by atoms with van der Waals surface area (Å²) in [4.78, 5) is 22.8. The third-order valence-corrected chi connectivity index (χ3v) is 2.65. The molecule has 1 aromatic carbocycles. The summed E-state index contributed by atoms with van der Waals surface area (Å²) in [6.45, 7) is 3.00. The van der Waals surface area contributed by atoms with Gasteiger partial charge in [0.1, 0.15) is 6.61 Å². The second kappa shape index (κ2) is 9.14. The highest BCUT2D eigenvalue weighted by Gasteiger charge is 2.07. The smallest absolute Gasteiger partial charge is 0.306 e. The van der Waals surface area contributed by atoms with Crippen molar-refractivity contribution in [1.82, 2.24) is 5.32 Å². The number of ether oxygens (including phenoxy) is 1. The number of hydrogen-bond acceptors (Lipinski definition) is 3. The Kier molecular flexibility index (Phi) is 7.32. The van der Waals surface area contributed by atoms with E-state index in [1.807, 2.05) is 30.3 Å². The average Bonchev–Trinajstić information content (AvgIpc) is 2.44. The highest BCUT2D eigenvalue weighted by Crippen LogP contribution is 2.02. The largest absolute Gasteiger partial charge is 0.461 e. The normalized spacial score (nSPS) is 9.95. The van der Waals surface area contributed by atoms with Gasteiger partial charge in [0.05, 0.1) is 6.42 Å². The lowest BCUT2D eigenvalue weighted by atomic mass is 10.2. The van der Waals surface area contributed by atoms with Crippen molar-refractivity contribution >= 4 is 11.9 Å². The van der Waals surface area contributed by atoms with E-state index in [1.54, 1.807) is 0 Å². The zero-order valence-electron chi connectivity index (χ0n) is 11.4. The first-order valence-corrected chi connectivity index (χ1v) is 6.68. The van der Waals surface area contributed by atoms with Gasteiger partial charge in [-0.1, -0.05) is 43.7 Å². The van der Waals surface area contributed by atoms with E-state index in [1.165, 1.54) is 0 Å². The SMILES string of the molecule is CCCCNC(=O)CCC(=O)OCc1ccccc1. The topological polar surface area (TPSA) is 55.4 Å². The van der Waals surface area contributed by atoms with Crippen LogP contribution in [0.2, 0.25) is 0 Å². The lowest BCUT2D eigenvalue weighted by Gasteiger charge is -2.05. The van der Waals surface area contributed by atoms with Crippen molar-refractivity contribution in [3.05, 3.63) is 35.9 Å². The monoisotopic (exact) mass is 263 g/mol. The quantitative estimate of drug-likeness (QED) is 0.579. The van der Waals surface area contributed by atoms with Gasteiger partial charge in [0.25, 0.3) is 0 Å². The van der Waals surface area contributed by atoms with Crippen molar-refractivity contribution in [2.45, 2.75) is 39.2 Å². The summed E-state index contributed by atoms with van der Waals surface area (Å²) in [5.41, 5.74) is 0.947. The molecule has 1 aromatic rings. The molecule has 1 amide bonds. The Morgan fingerprint density at radius 3 is 2.58 bits per heavy atom. The van der Waals surface area contributed by atoms with Crippen molar-refractivity contribution in [1.29, 1.82) is 0 Å². The van der Waals surface area contributed by atoms with Crippen LogP contribution in [-0.2, 0) is 20.9 Å². The van der Waals surface area contributed by atoms with E-state index in [0.717, 1.165) is 18.4 Å². The minimum absolute atomic E-state index is 0.0925. The number of benzene rings is 1. The minimum Gasteiger partial charge on any atom is -0.461 e. The molecule has 0 aromatic heterocycles. The molecule has 0 atom stereocenters. The van der Waals surface area contributed by atoms with E-state index in [4.69, 9.17) is 4.74 Å². The van der Waals surface area contributed by atoms with E-state index in [0.29, 0.717) is 6.54 Å². The molecule has 1 rings (SSSR count). The first kappa shape index (κ1) is 15.2. The lowest BCUT2D eigenvalue weighted by molar-refractivity contribution is -0.146. The van der Waals surface area contributed by atoms with Gasteiger partial charge in [-0.3, -0.25) is 9.59 Å². The lowest BCUT2D eigenvalue weighted by Crippen LogP contribution is -2.24. The Hall–Kier alpha value is -1.84. The fourth-order valence-corrected chi connectivity index (χ4v) is 1.52. The fraction of sp³-hybridized carbons (Fsp3) is 0.467. The van der Waals surface area contributed by atoms with Gasteiger partial charge < -0.3 is 10.1 Å². The highest BCUT2D eigenvalue weighted by atomic mass is 16.5. The van der Waals surface area contributed by atoms with Crippen LogP contribution in [0.3, 0.4) is 0 Å². The van der Waals surface area contributed by atoms with Crippen LogP contribution >= 0.6 is 0 Å². The van der Waals surface area contributed by atoms with Gasteiger partial charge in [0.2, 0.25) is 5.91 Å². The van der Waals surface area contributed by atoms with E-state index in [-0.39, 0.29) is 31.3 Å². The molecule has 0 aliphatic heterocycles. The summed E-state index contributed by atoms with van der Waals surface area (Å²) in [6.07, 6.45) is 2.33. The third-order valence-electron chi connectivity index (χ3n) is 2.65. The fourth-order valence-electron chi connectivity index (χ4n) is 1.52. The molecule has 4 nitrogen and oxygen atoms in total. The summed E-state index contributed by atoms with van der Waals surface area (Å²) in [6, 6.07) is 9.48. The predicted molar refractivity (Wildman–Crippen MR) is 73.4 cm³/mol. The highest BCUT2D eigenvalue weighted by molar-refractivity contribution is 5.81. The number of unbranched alkanes of at least 4 members (excludes halogenated alkanes) is 1. The summed E-state index contributed by atoms with van der Waals surface area (Å²) < 4.78 is 5.09. The Morgan fingerprint density at radius 2 is 1.89 bits per heavy atom. The van der Waals surface area contributed by atoms with Crippen LogP contribution in [0.15, 0.2) is 30.3 Å². The van der Waals surface area contributed by atoms with Crippen LogP contribution in [0.5, 0.6) is 0 Å². The molecule has 0 spiro atoms. The van der Waals surface area contributed by atoms with E-state index in [2.05, 4.69) is 12.2 Å². The molecule has 0 aliphatic rings. The van der Waals surface area contributed by atoms with Gasteiger partial charge in [-0.15, -0.1) is 0 Å². The summed E-state index contributed by atoms with van der Waals surface area (Å²) >= 11 is 0. The van der Waals surface area contributed by atoms with Crippen LogP contribution in [0.4, 0.5) is 0 Å². The molecule has 0 fully saturated rings. The van der Waals surface area contributed by atoms with Crippen LogP contribution < -0.4 is 5.32 Å². The number of hydrogen-bond donors (Lipinski definition) is 1. The summed E-state index contributed by atoms with van der Waals surface area (Å²) in [7, 11) is 0. The molecule has 0 unspecified atom stereocenters. The Bertz CT molecular complexity index is 390. The molecule has 0 saturated heterocycles. The molecule has 0 heterocycles. The standard InChI is InChI=1S/C15H21NO3/c1-2-3-11-16-14(17)9-10-15(18)19-12-13-7-5-4-6-8-13/h4-8H,2-3,9-12H2,1H3,(H,16,17). The average molecular weight is 263 g/mol. The van der Waals surface area contributed by atoms with Crippen LogP contribution in [0.25, 0.3) is 0 Å². The Labute approximate surface area is 114 Å².